The van der Waals surface area contributed by atoms with Crippen LogP contribution in [0.3, 0.4) is 0 Å². The molecule has 6 nitrogen and oxygen atoms in total. The molecule has 1 N–H and O–H groups in total. The summed E-state index contributed by atoms with van der Waals surface area (Å²) in [6.45, 7) is -0.698. The average molecular weight is 277 g/mol. The van der Waals surface area contributed by atoms with Crippen LogP contribution in [-0.2, 0) is 14.8 Å². The van der Waals surface area contributed by atoms with Crippen molar-refractivity contribution in [1.82, 2.24) is 4.31 Å². The van der Waals surface area contributed by atoms with Crippen molar-refractivity contribution < 1.29 is 27.4 Å². The van der Waals surface area contributed by atoms with Gasteiger partial charge in [0, 0.05) is 7.05 Å². The molecule has 1 aromatic rings. The topological polar surface area (TPSA) is 83.9 Å². The molecule has 0 aliphatic carbocycles. The monoisotopic (exact) mass is 277 g/mol. The molecule has 0 heterocycles. The van der Waals surface area contributed by atoms with Gasteiger partial charge in [0.05, 0.1) is 12.0 Å². The van der Waals surface area contributed by atoms with Crippen molar-refractivity contribution in [2.75, 3.05) is 20.7 Å². The van der Waals surface area contributed by atoms with Crippen molar-refractivity contribution in [3.05, 3.63) is 24.0 Å². The summed E-state index contributed by atoms with van der Waals surface area (Å²) in [4.78, 5) is 10.1. The number of hydrogen-bond acceptors (Lipinski definition) is 4. The highest BCUT2D eigenvalue weighted by molar-refractivity contribution is 7.89. The third kappa shape index (κ3) is 2.96. The van der Waals surface area contributed by atoms with Crippen molar-refractivity contribution in [2.24, 2.45) is 0 Å². The van der Waals surface area contributed by atoms with Gasteiger partial charge in [0.25, 0.3) is 0 Å². The zero-order valence-electron chi connectivity index (χ0n) is 9.75. The molecule has 0 aliphatic rings. The van der Waals surface area contributed by atoms with Crippen molar-refractivity contribution in [2.45, 2.75) is 4.90 Å². The van der Waals surface area contributed by atoms with Crippen LogP contribution in [0.5, 0.6) is 5.75 Å². The summed E-state index contributed by atoms with van der Waals surface area (Å²) >= 11 is 0. The molecular weight excluding hydrogens is 265 g/mol. The molecule has 0 radical (unpaired) electrons. The zero-order valence-corrected chi connectivity index (χ0v) is 10.6. The smallest absolute Gasteiger partial charge is 0.318 e. The van der Waals surface area contributed by atoms with Crippen LogP contribution in [0, 0.1) is 5.82 Å². The summed E-state index contributed by atoms with van der Waals surface area (Å²) in [6, 6.07) is 3.10. The minimum Gasteiger partial charge on any atom is -0.494 e. The number of rotatable bonds is 5. The van der Waals surface area contributed by atoms with Crippen LogP contribution in [0.2, 0.25) is 0 Å². The summed E-state index contributed by atoms with van der Waals surface area (Å²) in [7, 11) is -1.67. The molecule has 0 spiro atoms. The summed E-state index contributed by atoms with van der Waals surface area (Å²) in [5, 5.41) is 8.53. The van der Waals surface area contributed by atoms with Gasteiger partial charge in [-0.05, 0) is 18.2 Å². The molecule has 0 fully saturated rings. The zero-order chi connectivity index (χ0) is 13.9. The average Bonchev–Trinajstić information content (AvgIpc) is 2.27. The predicted octanol–water partition coefficient (Wildman–Crippen LogP) is 0.539. The molecule has 8 heteroatoms. The number of carboxylic acids is 1. The fraction of sp³-hybridized carbons (Fsp3) is 0.300. The Morgan fingerprint density at radius 2 is 2.11 bits per heavy atom. The number of halogens is 1. The Morgan fingerprint density at radius 3 is 2.56 bits per heavy atom. The summed E-state index contributed by atoms with van der Waals surface area (Å²) < 4.78 is 42.4. The molecule has 0 unspecified atom stereocenters. The van der Waals surface area contributed by atoms with E-state index in [9.17, 15) is 17.6 Å². The van der Waals surface area contributed by atoms with Crippen LogP contribution in [0.25, 0.3) is 0 Å². The van der Waals surface area contributed by atoms with Gasteiger partial charge in [-0.15, -0.1) is 0 Å². The largest absolute Gasteiger partial charge is 0.494 e. The lowest BCUT2D eigenvalue weighted by Crippen LogP contribution is -2.32. The molecule has 1 aromatic carbocycles. The van der Waals surface area contributed by atoms with Crippen molar-refractivity contribution in [3.63, 3.8) is 0 Å². The maximum atomic E-state index is 13.4. The highest BCUT2D eigenvalue weighted by Crippen LogP contribution is 2.22. The van der Waals surface area contributed by atoms with Gasteiger partial charge in [0.1, 0.15) is 6.54 Å². The molecule has 0 saturated carbocycles. The Bertz CT molecular complexity index is 557. The number of nitrogens with zero attached hydrogens (tertiary/aromatic N) is 1. The molecule has 1 rings (SSSR count). The summed E-state index contributed by atoms with van der Waals surface area (Å²) in [6.07, 6.45) is 0. The highest BCUT2D eigenvalue weighted by atomic mass is 32.2. The summed E-state index contributed by atoms with van der Waals surface area (Å²) in [5.74, 6) is -2.22. The lowest BCUT2D eigenvalue weighted by atomic mass is 10.3. The number of ether oxygens (including phenoxy) is 1. The Morgan fingerprint density at radius 1 is 1.50 bits per heavy atom. The molecule has 100 valence electrons. The first-order valence-corrected chi connectivity index (χ1v) is 6.24. The van der Waals surface area contributed by atoms with E-state index in [1.54, 1.807) is 0 Å². The van der Waals surface area contributed by atoms with Crippen LogP contribution in [-0.4, -0.2) is 44.5 Å². The Hall–Kier alpha value is -1.67. The first-order valence-electron chi connectivity index (χ1n) is 4.80. The number of benzene rings is 1. The molecule has 0 aromatic heterocycles. The molecular formula is C10H12FNO5S. The normalized spacial score (nSPS) is 11.6. The van der Waals surface area contributed by atoms with E-state index in [0.29, 0.717) is 4.31 Å². The molecule has 18 heavy (non-hydrogen) atoms. The van der Waals surface area contributed by atoms with Gasteiger partial charge in [0.15, 0.2) is 11.6 Å². The number of sulfonamides is 1. The second-order valence-electron chi connectivity index (χ2n) is 3.45. The number of aliphatic carboxylic acids is 1. The molecule has 0 atom stereocenters. The third-order valence-corrected chi connectivity index (χ3v) is 3.99. The van der Waals surface area contributed by atoms with E-state index in [0.717, 1.165) is 25.2 Å². The van der Waals surface area contributed by atoms with Gasteiger partial charge in [-0.3, -0.25) is 4.79 Å². The lowest BCUT2D eigenvalue weighted by Gasteiger charge is -2.15. The molecule has 0 saturated heterocycles. The number of methoxy groups -OCH3 is 1. The van der Waals surface area contributed by atoms with E-state index in [1.165, 1.54) is 7.11 Å². The van der Waals surface area contributed by atoms with Crippen molar-refractivity contribution in [3.8, 4) is 5.75 Å². The quantitative estimate of drug-likeness (QED) is 0.849. The van der Waals surface area contributed by atoms with Gasteiger partial charge < -0.3 is 9.84 Å². The van der Waals surface area contributed by atoms with Crippen LogP contribution in [0.1, 0.15) is 0 Å². The fourth-order valence-electron chi connectivity index (χ4n) is 1.26. The molecule has 0 bridgehead atoms. The highest BCUT2D eigenvalue weighted by Gasteiger charge is 2.23. The van der Waals surface area contributed by atoms with Gasteiger partial charge in [-0.1, -0.05) is 0 Å². The minimum atomic E-state index is -4.02. The van der Waals surface area contributed by atoms with Gasteiger partial charge in [0.2, 0.25) is 10.0 Å². The first kappa shape index (κ1) is 14.4. The van der Waals surface area contributed by atoms with E-state index in [1.807, 2.05) is 0 Å². The standard InChI is InChI=1S/C10H12FNO5S/c1-12(6-10(13)14)18(15,16)7-3-4-9(17-2)8(11)5-7/h3-5H,6H2,1-2H3,(H,13,14). The predicted molar refractivity (Wildman–Crippen MR) is 60.4 cm³/mol. The Kier molecular flexibility index (Phi) is 4.25. The Balaban J connectivity index is 3.13. The van der Waals surface area contributed by atoms with Crippen LogP contribution in [0.4, 0.5) is 4.39 Å². The first-order chi connectivity index (χ1) is 8.28. The third-order valence-electron chi connectivity index (χ3n) is 2.19. The van der Waals surface area contributed by atoms with E-state index in [2.05, 4.69) is 4.74 Å². The molecule has 0 amide bonds. The van der Waals surface area contributed by atoms with E-state index >= 15 is 0 Å². The lowest BCUT2D eigenvalue weighted by molar-refractivity contribution is -0.137. The second-order valence-corrected chi connectivity index (χ2v) is 5.50. The van der Waals surface area contributed by atoms with Crippen LogP contribution in [0.15, 0.2) is 23.1 Å². The van der Waals surface area contributed by atoms with Crippen molar-refractivity contribution >= 4 is 16.0 Å². The van der Waals surface area contributed by atoms with Gasteiger partial charge in [-0.2, -0.15) is 4.31 Å². The maximum absolute atomic E-state index is 13.4. The number of carboxylic acid groups (broad SMARTS) is 1. The minimum absolute atomic E-state index is 0.0881. The van der Waals surface area contributed by atoms with Crippen LogP contribution >= 0.6 is 0 Å². The van der Waals surface area contributed by atoms with Crippen LogP contribution < -0.4 is 4.74 Å². The van der Waals surface area contributed by atoms with E-state index in [-0.39, 0.29) is 10.6 Å². The van der Waals surface area contributed by atoms with E-state index in [4.69, 9.17) is 5.11 Å². The number of carbonyl (C=O) groups is 1. The van der Waals surface area contributed by atoms with Crippen molar-refractivity contribution in [1.29, 1.82) is 0 Å². The van der Waals surface area contributed by atoms with Gasteiger partial charge >= 0.3 is 5.97 Å². The van der Waals surface area contributed by atoms with E-state index < -0.39 is 28.4 Å². The van der Waals surface area contributed by atoms with Gasteiger partial charge in [-0.25, -0.2) is 12.8 Å². The number of likely N-dealkylation sites (N-methyl/N-ethyl adjacent to an activating group) is 1. The fourth-order valence-corrected chi connectivity index (χ4v) is 2.40. The molecule has 0 aliphatic heterocycles. The maximum Gasteiger partial charge on any atom is 0.318 e. The SMILES string of the molecule is COc1ccc(S(=O)(=O)N(C)CC(=O)O)cc1F. The number of hydrogen-bond donors (Lipinski definition) is 1. The Labute approximate surface area is 104 Å². The second kappa shape index (κ2) is 5.32. The summed E-state index contributed by atoms with van der Waals surface area (Å²) in [5.41, 5.74) is 0.